The van der Waals surface area contributed by atoms with E-state index in [1.54, 1.807) is 24.3 Å². The van der Waals surface area contributed by atoms with Crippen LogP contribution in [0.25, 0.3) is 0 Å². The maximum Gasteiger partial charge on any atom is 0.408 e. The summed E-state index contributed by atoms with van der Waals surface area (Å²) >= 11 is 0. The molecular weight excluding hydrogens is 397 g/mol. The van der Waals surface area contributed by atoms with Gasteiger partial charge in [-0.3, -0.25) is 0 Å². The van der Waals surface area contributed by atoms with Gasteiger partial charge in [0.2, 0.25) is 8.00 Å². The van der Waals surface area contributed by atoms with Crippen LogP contribution in [0, 0.1) is 0 Å². The van der Waals surface area contributed by atoms with Gasteiger partial charge in [0.1, 0.15) is 25.1 Å². The lowest BCUT2D eigenvalue weighted by atomic mass is 10.2. The molecule has 0 saturated carbocycles. The van der Waals surface area contributed by atoms with Gasteiger partial charge in [-0.25, -0.2) is 9.59 Å². The van der Waals surface area contributed by atoms with E-state index < -0.39 is 32.9 Å². The minimum Gasteiger partial charge on any atom is -0.603 e. The number of carbonyl (C=O) groups excluding carboxylic acids is 2. The first-order chi connectivity index (χ1) is 14.1. The van der Waals surface area contributed by atoms with Crippen LogP contribution in [0.15, 0.2) is 60.7 Å². The maximum atomic E-state index is 12.4. The number of hydrogen-bond donors (Lipinski definition) is 2. The van der Waals surface area contributed by atoms with Crippen molar-refractivity contribution in [1.82, 2.24) is 5.32 Å². The van der Waals surface area contributed by atoms with Crippen molar-refractivity contribution in [1.29, 1.82) is 0 Å². The first-order valence-corrected chi connectivity index (χ1v) is 10.0. The zero-order valence-electron chi connectivity index (χ0n) is 15.6. The van der Waals surface area contributed by atoms with E-state index in [2.05, 4.69) is 9.84 Å². The molecule has 0 saturated heterocycles. The lowest BCUT2D eigenvalue weighted by Gasteiger charge is -2.16. The van der Waals surface area contributed by atoms with Gasteiger partial charge >= 0.3 is 12.1 Å². The molecular formula is C20H22NO7P. The van der Waals surface area contributed by atoms with Gasteiger partial charge in [0.05, 0.1) is 0 Å². The third-order valence-electron chi connectivity index (χ3n) is 3.69. The Bertz CT molecular complexity index is 799. The number of alkyl carbamates (subject to hydrolysis) is 1. The first-order valence-electron chi connectivity index (χ1n) is 8.79. The first kappa shape index (κ1) is 22.5. The van der Waals surface area contributed by atoms with Gasteiger partial charge in [0.15, 0.2) is 6.79 Å². The monoisotopic (exact) mass is 419 g/mol. The molecule has 2 rings (SSSR count). The molecule has 29 heavy (non-hydrogen) atoms. The highest BCUT2D eigenvalue weighted by atomic mass is 31.1. The fourth-order valence-corrected chi connectivity index (χ4v) is 2.85. The number of ether oxygens (including phenoxy) is 2. The second kappa shape index (κ2) is 12.6. The molecule has 2 aromatic rings. The number of esters is 1. The maximum absolute atomic E-state index is 12.4. The molecule has 8 nitrogen and oxygen atoms in total. The number of benzene rings is 2. The molecule has 0 aliphatic rings. The standard InChI is InChI=1S/C20H22NO7P/c22-15-28-29(25)12-11-18(19(23)26-13-16-7-3-1-4-8-16)21-20(24)27-14-17-9-5-2-6-10-17/h1-10,12,18,22H,11,13-15H2,(H,21,24)/t18-/m1/s1. The number of rotatable bonds is 10. The molecule has 0 bridgehead atoms. The molecule has 2 aromatic carbocycles. The summed E-state index contributed by atoms with van der Waals surface area (Å²) in [5, 5.41) is 11.0. The topological polar surface area (TPSA) is 117 Å². The van der Waals surface area contributed by atoms with Crippen molar-refractivity contribution < 1.29 is 33.6 Å². The molecule has 2 atom stereocenters. The van der Waals surface area contributed by atoms with Crippen LogP contribution in [-0.2, 0) is 32.0 Å². The Hall–Kier alpha value is -2.77. The van der Waals surface area contributed by atoms with Gasteiger partial charge in [-0.05, 0) is 11.1 Å². The van der Waals surface area contributed by atoms with Crippen LogP contribution in [0.2, 0.25) is 0 Å². The summed E-state index contributed by atoms with van der Waals surface area (Å²) < 4.78 is 14.9. The van der Waals surface area contributed by atoms with Crippen molar-refractivity contribution in [2.45, 2.75) is 25.7 Å². The van der Waals surface area contributed by atoms with E-state index in [9.17, 15) is 14.5 Å². The van der Waals surface area contributed by atoms with Gasteiger partial charge in [-0.2, -0.15) is 4.52 Å². The Morgan fingerprint density at radius 2 is 1.55 bits per heavy atom. The number of hydrogen-bond acceptors (Lipinski definition) is 7. The van der Waals surface area contributed by atoms with Crippen LogP contribution in [-0.4, -0.2) is 35.8 Å². The minimum atomic E-state index is -2.28. The van der Waals surface area contributed by atoms with Crippen molar-refractivity contribution in [3.8, 4) is 0 Å². The third kappa shape index (κ3) is 8.85. The molecule has 1 amide bonds. The van der Waals surface area contributed by atoms with E-state index >= 15 is 0 Å². The van der Waals surface area contributed by atoms with E-state index in [1.807, 2.05) is 36.4 Å². The van der Waals surface area contributed by atoms with Crippen LogP contribution in [0.3, 0.4) is 0 Å². The lowest BCUT2D eigenvalue weighted by molar-refractivity contribution is -0.177. The van der Waals surface area contributed by atoms with Gasteiger partial charge in [-0.1, -0.05) is 60.7 Å². The Kier molecular flexibility index (Phi) is 9.82. The second-order valence-corrected chi connectivity index (χ2v) is 7.01. The molecule has 154 valence electrons. The van der Waals surface area contributed by atoms with Gasteiger partial charge < -0.3 is 24.8 Å². The van der Waals surface area contributed by atoms with E-state index in [-0.39, 0.29) is 19.6 Å². The number of amides is 1. The van der Waals surface area contributed by atoms with Crippen molar-refractivity contribution in [3.63, 3.8) is 0 Å². The summed E-state index contributed by atoms with van der Waals surface area (Å²) in [6, 6.07) is 17.0. The largest absolute Gasteiger partial charge is 0.603 e. The minimum absolute atomic E-state index is 0.0240. The summed E-state index contributed by atoms with van der Waals surface area (Å²) in [6.07, 6.45) is -0.939. The molecule has 0 spiro atoms. The molecule has 1 unspecified atom stereocenters. The van der Waals surface area contributed by atoms with Crippen molar-refractivity contribution in [2.75, 3.05) is 6.79 Å². The second-order valence-electron chi connectivity index (χ2n) is 5.81. The summed E-state index contributed by atoms with van der Waals surface area (Å²) in [6.45, 7) is -0.665. The van der Waals surface area contributed by atoms with E-state index in [0.29, 0.717) is 0 Å². The van der Waals surface area contributed by atoms with E-state index in [0.717, 1.165) is 11.1 Å². The van der Waals surface area contributed by atoms with Gasteiger partial charge in [0, 0.05) is 6.42 Å². The summed E-state index contributed by atoms with van der Waals surface area (Å²) in [7, 11) is -2.28. The Labute approximate surface area is 169 Å². The number of aliphatic hydroxyl groups is 1. The van der Waals surface area contributed by atoms with Crippen molar-refractivity contribution in [3.05, 3.63) is 71.8 Å². The van der Waals surface area contributed by atoms with Crippen molar-refractivity contribution in [2.24, 2.45) is 0 Å². The zero-order chi connectivity index (χ0) is 20.9. The number of carbonyl (C=O) groups is 2. The van der Waals surface area contributed by atoms with E-state index in [1.165, 1.54) is 5.80 Å². The summed E-state index contributed by atoms with van der Waals surface area (Å²) in [5.41, 5.74) is 1.57. The summed E-state index contributed by atoms with van der Waals surface area (Å²) in [5.74, 6) is 0.464. The predicted octanol–water partition coefficient (Wildman–Crippen LogP) is 1.86. The molecule has 0 aromatic heterocycles. The van der Waals surface area contributed by atoms with Crippen LogP contribution in [0.5, 0.6) is 0 Å². The Morgan fingerprint density at radius 3 is 2.10 bits per heavy atom. The van der Waals surface area contributed by atoms with Gasteiger partial charge in [0.25, 0.3) is 0 Å². The van der Waals surface area contributed by atoms with Crippen LogP contribution in [0.4, 0.5) is 4.79 Å². The molecule has 2 N–H and O–H groups in total. The molecule has 0 radical (unpaired) electrons. The number of aliphatic hydroxyl groups excluding tert-OH is 1. The fraction of sp³-hybridized carbons (Fsp3) is 0.250. The highest BCUT2D eigenvalue weighted by Crippen LogP contribution is 2.12. The lowest BCUT2D eigenvalue weighted by Crippen LogP contribution is -2.42. The SMILES string of the molecule is O=C(N[C@H](CC=[P+]([O-])OCO)C(=O)OCc1ccccc1)OCc1ccccc1. The van der Waals surface area contributed by atoms with Gasteiger partial charge in [-0.15, -0.1) is 0 Å². The van der Waals surface area contributed by atoms with E-state index in [4.69, 9.17) is 14.6 Å². The average Bonchev–Trinajstić information content (AvgIpc) is 2.75. The quantitative estimate of drug-likeness (QED) is 0.343. The molecule has 0 fully saturated rings. The molecule has 9 heteroatoms. The Balaban J connectivity index is 1.94. The third-order valence-corrected chi connectivity index (χ3v) is 4.57. The molecule has 0 aliphatic heterocycles. The summed E-state index contributed by atoms with van der Waals surface area (Å²) in [4.78, 5) is 36.0. The average molecular weight is 419 g/mol. The number of nitrogens with one attached hydrogen (secondary N) is 1. The molecule has 0 heterocycles. The fourth-order valence-electron chi connectivity index (χ4n) is 2.25. The highest BCUT2D eigenvalue weighted by molar-refractivity contribution is 7.44. The normalized spacial score (nSPS) is 12.1. The van der Waals surface area contributed by atoms with Crippen molar-refractivity contribution >= 4 is 25.9 Å². The Morgan fingerprint density at radius 1 is 1.00 bits per heavy atom. The smallest absolute Gasteiger partial charge is 0.408 e. The predicted molar refractivity (Wildman–Crippen MR) is 106 cm³/mol. The highest BCUT2D eigenvalue weighted by Gasteiger charge is 2.23. The van der Waals surface area contributed by atoms with Crippen LogP contribution < -0.4 is 10.2 Å². The zero-order valence-corrected chi connectivity index (χ0v) is 16.5. The molecule has 0 aliphatic carbocycles. The van der Waals surface area contributed by atoms with Crippen LogP contribution >= 0.6 is 8.00 Å². The van der Waals surface area contributed by atoms with Crippen LogP contribution in [0.1, 0.15) is 17.5 Å².